The first-order chi connectivity index (χ1) is 12.2. The Bertz CT molecular complexity index is 924. The van der Waals surface area contributed by atoms with E-state index < -0.39 is 6.10 Å². The van der Waals surface area contributed by atoms with Gasteiger partial charge in [-0.15, -0.1) is 11.3 Å². The Balaban J connectivity index is 1.38. The fourth-order valence-electron chi connectivity index (χ4n) is 3.50. The van der Waals surface area contributed by atoms with Crippen molar-refractivity contribution in [1.82, 2.24) is 14.7 Å². The van der Waals surface area contributed by atoms with Crippen LogP contribution in [0.3, 0.4) is 0 Å². The molecule has 1 aromatic carbocycles. The molecule has 128 valence electrons. The van der Waals surface area contributed by atoms with Crippen molar-refractivity contribution in [1.29, 1.82) is 0 Å². The van der Waals surface area contributed by atoms with E-state index in [1.54, 1.807) is 11.3 Å². The highest BCUT2D eigenvalue weighted by atomic mass is 32.1. The van der Waals surface area contributed by atoms with Gasteiger partial charge in [0.2, 0.25) is 0 Å². The van der Waals surface area contributed by atoms with E-state index in [0.717, 1.165) is 39.2 Å². The van der Waals surface area contributed by atoms with Crippen molar-refractivity contribution in [3.05, 3.63) is 52.7 Å². The molecular weight excluding hydrogens is 334 g/mol. The van der Waals surface area contributed by atoms with Crippen molar-refractivity contribution < 1.29 is 9.90 Å². The van der Waals surface area contributed by atoms with Crippen molar-refractivity contribution >= 4 is 27.3 Å². The minimum atomic E-state index is -0.454. The first kappa shape index (κ1) is 15.1. The Kier molecular flexibility index (Phi) is 3.43. The average molecular weight is 353 g/mol. The number of hydrogen-bond acceptors (Lipinski definition) is 4. The van der Waals surface area contributed by atoms with Gasteiger partial charge in [-0.1, -0.05) is 18.2 Å². The Morgan fingerprint density at radius 1 is 1.24 bits per heavy atom. The predicted molar refractivity (Wildman–Crippen MR) is 96.5 cm³/mol. The van der Waals surface area contributed by atoms with Crippen LogP contribution in [0.4, 0.5) is 0 Å². The predicted octanol–water partition coefficient (Wildman–Crippen LogP) is 3.20. The summed E-state index contributed by atoms with van der Waals surface area (Å²) in [6, 6.07) is 12.0. The number of aliphatic hydroxyl groups is 1. The number of benzene rings is 1. The molecule has 1 N–H and O–H groups in total. The molecule has 3 aromatic rings. The van der Waals surface area contributed by atoms with Gasteiger partial charge in [-0.25, -0.2) is 0 Å². The van der Waals surface area contributed by atoms with Crippen LogP contribution < -0.4 is 0 Å². The number of hydrogen-bond donors (Lipinski definition) is 1. The summed E-state index contributed by atoms with van der Waals surface area (Å²) >= 11 is 1.55. The number of aliphatic hydroxyl groups excluding tert-OH is 1. The molecule has 1 fully saturated rings. The van der Waals surface area contributed by atoms with Gasteiger partial charge in [0.1, 0.15) is 6.10 Å². The summed E-state index contributed by atoms with van der Waals surface area (Å²) < 4.78 is 3.08. The van der Waals surface area contributed by atoms with E-state index in [0.29, 0.717) is 25.6 Å². The molecule has 1 atom stereocenters. The topological polar surface area (TPSA) is 58.4 Å². The van der Waals surface area contributed by atoms with E-state index in [1.165, 1.54) is 0 Å². The summed E-state index contributed by atoms with van der Waals surface area (Å²) in [7, 11) is 0. The molecule has 0 unspecified atom stereocenters. The average Bonchev–Trinajstić information content (AvgIpc) is 3.25. The lowest BCUT2D eigenvalue weighted by Crippen LogP contribution is -2.38. The molecule has 6 heteroatoms. The van der Waals surface area contributed by atoms with Crippen LogP contribution in [0.2, 0.25) is 0 Å². The number of carbonyl (C=O) groups is 1. The Morgan fingerprint density at radius 3 is 2.88 bits per heavy atom. The monoisotopic (exact) mass is 353 g/mol. The molecule has 1 saturated carbocycles. The highest BCUT2D eigenvalue weighted by molar-refractivity contribution is 7.20. The smallest absolute Gasteiger partial charge is 0.264 e. The van der Waals surface area contributed by atoms with E-state index in [1.807, 2.05) is 46.0 Å². The van der Waals surface area contributed by atoms with Gasteiger partial charge >= 0.3 is 0 Å². The third kappa shape index (κ3) is 2.65. The molecule has 5 nitrogen and oxygen atoms in total. The Labute approximate surface area is 149 Å². The number of aromatic nitrogens is 2. The molecule has 3 heterocycles. The second-order valence-corrected chi connectivity index (χ2v) is 8.02. The van der Waals surface area contributed by atoms with Gasteiger partial charge in [-0.3, -0.25) is 9.48 Å². The van der Waals surface area contributed by atoms with Crippen molar-refractivity contribution in [2.45, 2.75) is 32.0 Å². The summed E-state index contributed by atoms with van der Waals surface area (Å²) in [6.07, 6.45) is 1.71. The normalized spacial score (nSPS) is 18.4. The van der Waals surface area contributed by atoms with E-state index in [4.69, 9.17) is 0 Å². The van der Waals surface area contributed by atoms with Crippen LogP contribution in [-0.4, -0.2) is 32.2 Å². The molecule has 0 spiro atoms. The molecule has 2 aromatic heterocycles. The third-order valence-corrected chi connectivity index (χ3v) is 6.22. The lowest BCUT2D eigenvalue weighted by molar-refractivity contribution is 0.0710. The van der Waals surface area contributed by atoms with Crippen LogP contribution in [0.15, 0.2) is 36.4 Å². The number of rotatable bonds is 3. The first-order valence-corrected chi connectivity index (χ1v) is 9.53. The third-order valence-electron chi connectivity index (χ3n) is 5.11. The molecule has 1 amide bonds. The maximum Gasteiger partial charge on any atom is 0.264 e. The van der Waals surface area contributed by atoms with Gasteiger partial charge in [0.15, 0.2) is 0 Å². The summed E-state index contributed by atoms with van der Waals surface area (Å²) in [6.45, 7) is 1.89. The zero-order chi connectivity index (χ0) is 17.0. The Morgan fingerprint density at radius 2 is 2.08 bits per heavy atom. The van der Waals surface area contributed by atoms with Crippen LogP contribution in [0.5, 0.6) is 0 Å². The van der Waals surface area contributed by atoms with Crippen molar-refractivity contribution in [2.75, 3.05) is 6.54 Å². The van der Waals surface area contributed by atoms with Crippen molar-refractivity contribution in [3.8, 4) is 0 Å². The van der Waals surface area contributed by atoms with Gasteiger partial charge in [0.25, 0.3) is 5.91 Å². The summed E-state index contributed by atoms with van der Waals surface area (Å²) in [5.41, 5.74) is 1.77. The number of fused-ring (bicyclic) bond motifs is 2. The minimum Gasteiger partial charge on any atom is -0.386 e. The number of amides is 1. The van der Waals surface area contributed by atoms with Crippen LogP contribution >= 0.6 is 11.3 Å². The summed E-state index contributed by atoms with van der Waals surface area (Å²) in [4.78, 5) is 15.6. The van der Waals surface area contributed by atoms with Crippen LogP contribution in [-0.2, 0) is 13.1 Å². The Hall–Kier alpha value is -2.18. The van der Waals surface area contributed by atoms with Gasteiger partial charge in [0, 0.05) is 11.2 Å². The molecule has 0 saturated heterocycles. The molecular formula is C19H19N3O2S. The van der Waals surface area contributed by atoms with Gasteiger partial charge in [-0.05, 0) is 42.3 Å². The highest BCUT2D eigenvalue weighted by Crippen LogP contribution is 2.40. The molecule has 0 radical (unpaired) electrons. The second-order valence-electron chi connectivity index (χ2n) is 6.94. The maximum atomic E-state index is 12.9. The van der Waals surface area contributed by atoms with Gasteiger partial charge in [0.05, 0.1) is 29.4 Å². The number of thiophene rings is 1. The molecule has 2 aliphatic rings. The summed E-state index contributed by atoms with van der Waals surface area (Å²) in [5, 5.41) is 16.0. The fraction of sp³-hybridized carbons (Fsp3) is 0.368. The molecule has 1 aliphatic carbocycles. The second kappa shape index (κ2) is 5.68. The molecule has 5 rings (SSSR count). The molecule has 1 aliphatic heterocycles. The largest absolute Gasteiger partial charge is 0.386 e. The minimum absolute atomic E-state index is 0.0814. The van der Waals surface area contributed by atoms with Crippen LogP contribution in [0.1, 0.15) is 40.0 Å². The number of carbonyl (C=O) groups excluding carboxylic acids is 1. The number of nitrogens with zero attached hydrogens (tertiary/aromatic N) is 3. The van der Waals surface area contributed by atoms with Gasteiger partial charge in [-0.2, -0.15) is 5.10 Å². The lowest BCUT2D eigenvalue weighted by Gasteiger charge is -2.27. The van der Waals surface area contributed by atoms with Crippen LogP contribution in [0, 0.1) is 5.92 Å². The maximum absolute atomic E-state index is 12.9. The van der Waals surface area contributed by atoms with E-state index >= 15 is 0 Å². The highest BCUT2D eigenvalue weighted by Gasteiger charge is 2.33. The van der Waals surface area contributed by atoms with E-state index in [-0.39, 0.29) is 5.91 Å². The molecule has 0 bridgehead atoms. The fourth-order valence-corrected chi connectivity index (χ4v) is 4.53. The van der Waals surface area contributed by atoms with E-state index in [9.17, 15) is 9.90 Å². The van der Waals surface area contributed by atoms with Crippen LogP contribution in [0.25, 0.3) is 10.1 Å². The van der Waals surface area contributed by atoms with Crippen molar-refractivity contribution in [3.63, 3.8) is 0 Å². The van der Waals surface area contributed by atoms with E-state index in [2.05, 4.69) is 5.10 Å². The van der Waals surface area contributed by atoms with Crippen molar-refractivity contribution in [2.24, 2.45) is 5.92 Å². The SMILES string of the molecule is O=C(c1cc2ccccc2s1)N1CCn2nc([C@@H](O)C3CC3)cc2C1. The zero-order valence-corrected chi connectivity index (χ0v) is 14.6. The summed E-state index contributed by atoms with van der Waals surface area (Å²) in [5.74, 6) is 0.450. The quantitative estimate of drug-likeness (QED) is 0.787. The lowest BCUT2D eigenvalue weighted by atomic mass is 10.1. The molecule has 25 heavy (non-hydrogen) atoms. The van der Waals surface area contributed by atoms with Gasteiger partial charge < -0.3 is 10.0 Å². The zero-order valence-electron chi connectivity index (χ0n) is 13.8. The standard InChI is InChI=1S/C19H19N3O2S/c23-18(12-5-6-12)15-10-14-11-21(7-8-22(14)20-15)19(24)17-9-13-3-1-2-4-16(13)25-17/h1-4,9-10,12,18,23H,5-8,11H2/t18-/m0/s1. The first-order valence-electron chi connectivity index (χ1n) is 8.71.